The topological polar surface area (TPSA) is 117 Å². The molecule has 2 aromatic rings. The number of amides is 3. The van der Waals surface area contributed by atoms with Crippen molar-refractivity contribution >= 4 is 34.2 Å². The molecule has 2 aromatic heterocycles. The number of carbonyl (C=O) groups excluding carboxylic acids is 3. The summed E-state index contributed by atoms with van der Waals surface area (Å²) in [5, 5.41) is 7.75. The van der Waals surface area contributed by atoms with Crippen molar-refractivity contribution in [1.29, 1.82) is 0 Å². The zero-order valence-electron chi connectivity index (χ0n) is 18.9. The third-order valence-corrected chi connectivity index (χ3v) is 6.06. The lowest BCUT2D eigenvalue weighted by molar-refractivity contribution is -0.120. The highest BCUT2D eigenvalue weighted by molar-refractivity contribution is 7.13. The molecule has 180 valence electrons. The Kier molecular flexibility index (Phi) is 9.85. The molecule has 0 unspecified atom stereocenters. The minimum absolute atomic E-state index is 0.0926. The number of nitrogens with one attached hydrogen (secondary N) is 2. The Bertz CT molecular complexity index is 895. The molecule has 33 heavy (non-hydrogen) atoms. The number of likely N-dealkylation sites (tertiary alicyclic amines) is 1. The molecule has 10 nitrogen and oxygen atoms in total. The van der Waals surface area contributed by atoms with Gasteiger partial charge in [-0.15, -0.1) is 11.3 Å². The lowest BCUT2D eigenvalue weighted by Gasteiger charge is -2.26. The number of nitrogens with zero attached hydrogens (tertiary/aromatic N) is 3. The first kappa shape index (κ1) is 24.9. The number of hydrogen-bond donors (Lipinski definition) is 2. The highest BCUT2D eigenvalue weighted by Crippen LogP contribution is 2.16. The van der Waals surface area contributed by atoms with E-state index >= 15 is 0 Å². The van der Waals surface area contributed by atoms with Gasteiger partial charge in [0.1, 0.15) is 6.54 Å². The number of rotatable bonds is 12. The van der Waals surface area contributed by atoms with Gasteiger partial charge in [0.15, 0.2) is 10.9 Å². The largest absolute Gasteiger partial charge is 0.459 e. The van der Waals surface area contributed by atoms with Crippen LogP contribution in [0.4, 0.5) is 5.13 Å². The second-order valence-corrected chi connectivity index (χ2v) is 8.68. The molecular formula is C22H31N5O5S. The predicted molar refractivity (Wildman–Crippen MR) is 124 cm³/mol. The fourth-order valence-electron chi connectivity index (χ4n) is 3.55. The van der Waals surface area contributed by atoms with Crippen LogP contribution in [-0.4, -0.2) is 85.5 Å². The average Bonchev–Trinajstić information content (AvgIpc) is 3.49. The Morgan fingerprint density at radius 2 is 2.06 bits per heavy atom. The Morgan fingerprint density at radius 1 is 1.24 bits per heavy atom. The molecule has 0 saturated carbocycles. The molecule has 0 bridgehead atoms. The van der Waals surface area contributed by atoms with Gasteiger partial charge < -0.3 is 29.6 Å². The first-order valence-electron chi connectivity index (χ1n) is 11.1. The summed E-state index contributed by atoms with van der Waals surface area (Å²) in [6.45, 7) is 4.03. The first-order valence-corrected chi connectivity index (χ1v) is 12.0. The zero-order chi connectivity index (χ0) is 23.5. The Labute approximate surface area is 197 Å². The number of hydrogen-bond acceptors (Lipinski definition) is 8. The molecule has 1 aliphatic heterocycles. The number of methoxy groups -OCH3 is 1. The van der Waals surface area contributed by atoms with Gasteiger partial charge in [-0.05, 0) is 38.1 Å². The number of carbonyl (C=O) groups is 3. The Morgan fingerprint density at radius 3 is 2.79 bits per heavy atom. The third-order valence-electron chi connectivity index (χ3n) is 5.26. The van der Waals surface area contributed by atoms with Gasteiger partial charge >= 0.3 is 0 Å². The van der Waals surface area contributed by atoms with Gasteiger partial charge in [0.05, 0.1) is 25.0 Å². The minimum atomic E-state index is -0.395. The van der Waals surface area contributed by atoms with Crippen LogP contribution >= 0.6 is 11.3 Å². The van der Waals surface area contributed by atoms with Crippen molar-refractivity contribution < 1.29 is 23.5 Å². The van der Waals surface area contributed by atoms with Crippen molar-refractivity contribution in [2.45, 2.75) is 25.7 Å². The van der Waals surface area contributed by atoms with E-state index in [1.165, 1.54) is 48.9 Å². The van der Waals surface area contributed by atoms with Crippen molar-refractivity contribution in [1.82, 2.24) is 20.1 Å². The number of piperidine rings is 1. The van der Waals surface area contributed by atoms with Gasteiger partial charge in [-0.2, -0.15) is 0 Å². The van der Waals surface area contributed by atoms with Crippen molar-refractivity contribution in [3.05, 3.63) is 35.2 Å². The minimum Gasteiger partial charge on any atom is -0.459 e. The number of thiazole rings is 1. The molecule has 1 fully saturated rings. The summed E-state index contributed by atoms with van der Waals surface area (Å²) in [5.41, 5.74) is 0.591. The molecule has 1 aliphatic rings. The maximum Gasteiger partial charge on any atom is 0.290 e. The van der Waals surface area contributed by atoms with Crippen LogP contribution in [-0.2, 0) is 20.7 Å². The summed E-state index contributed by atoms with van der Waals surface area (Å²) in [7, 11) is 1.52. The van der Waals surface area contributed by atoms with Crippen molar-refractivity contribution in [3.63, 3.8) is 0 Å². The lowest BCUT2D eigenvalue weighted by Crippen LogP contribution is -2.39. The maximum atomic E-state index is 12.5. The van der Waals surface area contributed by atoms with E-state index in [1.54, 1.807) is 17.5 Å². The van der Waals surface area contributed by atoms with Gasteiger partial charge in [-0.1, -0.05) is 6.42 Å². The molecule has 3 heterocycles. The molecule has 0 atom stereocenters. The van der Waals surface area contributed by atoms with Gasteiger partial charge in [0.2, 0.25) is 11.8 Å². The predicted octanol–water partition coefficient (Wildman–Crippen LogP) is 1.61. The lowest BCUT2D eigenvalue weighted by atomic mass is 10.1. The van der Waals surface area contributed by atoms with E-state index in [9.17, 15) is 14.4 Å². The van der Waals surface area contributed by atoms with E-state index in [-0.39, 0.29) is 37.8 Å². The van der Waals surface area contributed by atoms with Gasteiger partial charge in [0.25, 0.3) is 5.91 Å². The summed E-state index contributed by atoms with van der Waals surface area (Å²) in [4.78, 5) is 45.3. The molecule has 11 heteroatoms. The highest BCUT2D eigenvalue weighted by atomic mass is 32.1. The first-order chi connectivity index (χ1) is 16.0. The molecule has 2 N–H and O–H groups in total. The fourth-order valence-corrected chi connectivity index (χ4v) is 4.28. The molecule has 3 rings (SSSR count). The van der Waals surface area contributed by atoms with E-state index < -0.39 is 11.8 Å². The average molecular weight is 478 g/mol. The SMILES string of the molecule is COCCN(CC(=O)Nc1nc(CC(=O)NCCN2CCCCC2)cs1)C(=O)c1ccco1. The molecule has 0 aliphatic carbocycles. The van der Waals surface area contributed by atoms with Crippen LogP contribution in [0.1, 0.15) is 35.5 Å². The standard InChI is InChI=1S/C22H31N5O5S/c1-31-13-11-27(21(30)18-6-5-12-32-18)15-20(29)25-22-24-17(16-33-22)14-19(28)23-7-10-26-8-3-2-4-9-26/h5-6,12,16H,2-4,7-11,13-15H2,1H3,(H,23,28)(H,24,25,29). The highest BCUT2D eigenvalue weighted by Gasteiger charge is 2.21. The monoisotopic (exact) mass is 477 g/mol. The summed E-state index contributed by atoms with van der Waals surface area (Å²) < 4.78 is 10.2. The Balaban J connectivity index is 1.43. The molecule has 1 saturated heterocycles. The number of ether oxygens (including phenoxy) is 1. The maximum absolute atomic E-state index is 12.5. The van der Waals surface area contributed by atoms with Crippen molar-refractivity contribution in [3.8, 4) is 0 Å². The van der Waals surface area contributed by atoms with Crippen molar-refractivity contribution in [2.75, 3.05) is 58.3 Å². The zero-order valence-corrected chi connectivity index (χ0v) is 19.7. The summed E-state index contributed by atoms with van der Waals surface area (Å²) in [5.74, 6) is -0.724. The summed E-state index contributed by atoms with van der Waals surface area (Å²) >= 11 is 1.24. The van der Waals surface area contributed by atoms with E-state index in [0.717, 1.165) is 19.6 Å². The van der Waals surface area contributed by atoms with Gasteiger partial charge in [-0.3, -0.25) is 14.4 Å². The van der Waals surface area contributed by atoms with Gasteiger partial charge in [0, 0.05) is 32.1 Å². The molecule has 0 radical (unpaired) electrons. The van der Waals surface area contributed by atoms with Crippen LogP contribution in [0.2, 0.25) is 0 Å². The summed E-state index contributed by atoms with van der Waals surface area (Å²) in [6, 6.07) is 3.16. The van der Waals surface area contributed by atoms with Crippen LogP contribution in [0.3, 0.4) is 0 Å². The number of furan rings is 1. The van der Waals surface area contributed by atoms with E-state index in [2.05, 4.69) is 20.5 Å². The number of anilines is 1. The molecule has 0 aromatic carbocycles. The van der Waals surface area contributed by atoms with Crippen molar-refractivity contribution in [2.24, 2.45) is 0 Å². The molecule has 0 spiro atoms. The van der Waals surface area contributed by atoms with Crippen LogP contribution in [0.5, 0.6) is 0 Å². The Hall–Kier alpha value is -2.76. The van der Waals surface area contributed by atoms with Crippen LogP contribution in [0.15, 0.2) is 28.2 Å². The second kappa shape index (κ2) is 13.1. The molecular weight excluding hydrogens is 446 g/mol. The van der Waals surface area contributed by atoms with Crippen LogP contribution in [0.25, 0.3) is 0 Å². The van der Waals surface area contributed by atoms with E-state index in [0.29, 0.717) is 17.4 Å². The number of aromatic nitrogens is 1. The summed E-state index contributed by atoms with van der Waals surface area (Å²) in [6.07, 6.45) is 5.30. The molecule has 3 amide bonds. The van der Waals surface area contributed by atoms with E-state index in [1.807, 2.05) is 0 Å². The third kappa shape index (κ3) is 8.26. The smallest absolute Gasteiger partial charge is 0.290 e. The quantitative estimate of drug-likeness (QED) is 0.477. The van der Waals surface area contributed by atoms with E-state index in [4.69, 9.17) is 9.15 Å². The van der Waals surface area contributed by atoms with Gasteiger partial charge in [-0.25, -0.2) is 4.98 Å². The van der Waals surface area contributed by atoms with Crippen LogP contribution < -0.4 is 10.6 Å². The van der Waals surface area contributed by atoms with Crippen LogP contribution in [0, 0.1) is 0 Å². The normalized spacial score (nSPS) is 14.1. The second-order valence-electron chi connectivity index (χ2n) is 7.82. The fraction of sp³-hybridized carbons (Fsp3) is 0.545.